The second kappa shape index (κ2) is 15.8. The molecule has 2 amide bonds. The number of carbonyl (C=O) groups is 2. The van der Waals surface area contributed by atoms with Crippen molar-refractivity contribution >= 4 is 50.7 Å². The number of anilines is 1. The van der Waals surface area contributed by atoms with Gasteiger partial charge in [0.25, 0.3) is 10.0 Å². The fraction of sp³-hybridized carbons (Fsp3) is 0.394. The first-order valence-electron chi connectivity index (χ1n) is 15.0. The van der Waals surface area contributed by atoms with Crippen LogP contribution in [0, 0.1) is 5.82 Å². The molecule has 0 aliphatic heterocycles. The number of benzene rings is 3. The zero-order valence-electron chi connectivity index (χ0n) is 26.0. The summed E-state index contributed by atoms with van der Waals surface area (Å²) in [5, 5.41) is 3.79. The standard InChI is InChI=1S/C33H38Cl2FN3O6S/c1-4-29(33(41)37-25-8-6-5-7-9-25)38(20-22-10-11-23(34)18-28(22)35)32(40)21-39(26-14-12-24(36)13-15-26)46(42,43)27-16-17-30(44-2)31(19-27)45-3/h10-19,25,29H,4-9,20-21H2,1-3H3,(H,37,41)/t29-/m0/s1. The lowest BCUT2D eigenvalue weighted by Gasteiger charge is -2.34. The Morgan fingerprint density at radius 2 is 1.63 bits per heavy atom. The summed E-state index contributed by atoms with van der Waals surface area (Å²) in [7, 11) is -1.64. The molecule has 1 aliphatic carbocycles. The molecule has 0 bridgehead atoms. The highest BCUT2D eigenvalue weighted by atomic mass is 35.5. The lowest BCUT2D eigenvalue weighted by Crippen LogP contribution is -2.54. The van der Waals surface area contributed by atoms with Crippen LogP contribution in [0.5, 0.6) is 11.5 Å². The van der Waals surface area contributed by atoms with Crippen molar-refractivity contribution in [3.8, 4) is 11.5 Å². The first-order valence-corrected chi connectivity index (χ1v) is 17.2. The van der Waals surface area contributed by atoms with Gasteiger partial charge >= 0.3 is 0 Å². The highest BCUT2D eigenvalue weighted by molar-refractivity contribution is 7.92. The van der Waals surface area contributed by atoms with Crippen LogP contribution in [0.2, 0.25) is 10.0 Å². The molecule has 3 aromatic rings. The summed E-state index contributed by atoms with van der Waals surface area (Å²) in [6.45, 7) is 1.01. The molecule has 248 valence electrons. The molecule has 0 saturated heterocycles. The van der Waals surface area contributed by atoms with E-state index >= 15 is 0 Å². The number of sulfonamides is 1. The highest BCUT2D eigenvalue weighted by Gasteiger charge is 2.35. The van der Waals surface area contributed by atoms with Crippen LogP contribution >= 0.6 is 23.2 Å². The monoisotopic (exact) mass is 693 g/mol. The maximum Gasteiger partial charge on any atom is 0.264 e. The van der Waals surface area contributed by atoms with Gasteiger partial charge in [-0.1, -0.05) is 55.5 Å². The minimum atomic E-state index is -4.43. The zero-order chi connectivity index (χ0) is 33.4. The van der Waals surface area contributed by atoms with E-state index in [9.17, 15) is 22.4 Å². The Labute approximate surface area is 279 Å². The minimum Gasteiger partial charge on any atom is -0.493 e. The Balaban J connectivity index is 1.75. The van der Waals surface area contributed by atoms with Crippen LogP contribution in [0.1, 0.15) is 51.0 Å². The number of rotatable bonds is 13. The van der Waals surface area contributed by atoms with E-state index < -0.39 is 34.3 Å². The molecule has 3 aromatic carbocycles. The number of amides is 2. The molecule has 0 aromatic heterocycles. The van der Waals surface area contributed by atoms with Gasteiger partial charge in [-0.2, -0.15) is 0 Å². The molecule has 1 aliphatic rings. The second-order valence-electron chi connectivity index (χ2n) is 11.0. The number of nitrogens with zero attached hydrogens (tertiary/aromatic N) is 2. The van der Waals surface area contributed by atoms with Gasteiger partial charge in [-0.3, -0.25) is 13.9 Å². The smallest absolute Gasteiger partial charge is 0.264 e. The van der Waals surface area contributed by atoms with Crippen molar-refractivity contribution in [3.63, 3.8) is 0 Å². The molecule has 0 radical (unpaired) electrons. The molecule has 9 nitrogen and oxygen atoms in total. The average molecular weight is 695 g/mol. The van der Waals surface area contributed by atoms with Gasteiger partial charge < -0.3 is 19.7 Å². The summed E-state index contributed by atoms with van der Waals surface area (Å²) in [4.78, 5) is 29.2. The van der Waals surface area contributed by atoms with Crippen LogP contribution in [0.3, 0.4) is 0 Å². The fourth-order valence-electron chi connectivity index (χ4n) is 5.54. The van der Waals surface area contributed by atoms with E-state index in [1.165, 1.54) is 55.5 Å². The summed E-state index contributed by atoms with van der Waals surface area (Å²) in [6.07, 6.45) is 5.07. The Kier molecular flexibility index (Phi) is 12.2. The van der Waals surface area contributed by atoms with Crippen LogP contribution in [-0.4, -0.2) is 58.0 Å². The average Bonchev–Trinajstić information content (AvgIpc) is 3.04. The second-order valence-corrected chi connectivity index (χ2v) is 13.7. The molecule has 1 saturated carbocycles. The summed E-state index contributed by atoms with van der Waals surface area (Å²) in [5.74, 6) is -1.10. The van der Waals surface area contributed by atoms with E-state index in [1.54, 1.807) is 19.1 Å². The summed E-state index contributed by atoms with van der Waals surface area (Å²) < 4.78 is 53.8. The number of hydrogen-bond donors (Lipinski definition) is 1. The van der Waals surface area contributed by atoms with Crippen molar-refractivity contribution in [2.45, 2.75) is 69.0 Å². The van der Waals surface area contributed by atoms with E-state index in [1.807, 2.05) is 0 Å². The number of halogens is 3. The number of ether oxygens (including phenoxy) is 2. The summed E-state index contributed by atoms with van der Waals surface area (Å²) >= 11 is 12.6. The molecular formula is C33H38Cl2FN3O6S. The first kappa shape index (κ1) is 35.3. The van der Waals surface area contributed by atoms with Crippen molar-refractivity contribution in [2.24, 2.45) is 0 Å². The van der Waals surface area contributed by atoms with Crippen molar-refractivity contribution in [1.82, 2.24) is 10.2 Å². The Bertz CT molecular complexity index is 1630. The maximum atomic E-state index is 14.3. The predicted octanol–water partition coefficient (Wildman–Crippen LogP) is 6.60. The van der Waals surface area contributed by atoms with Gasteiger partial charge in [-0.15, -0.1) is 0 Å². The van der Waals surface area contributed by atoms with Crippen molar-refractivity contribution < 1.29 is 31.9 Å². The SMILES string of the molecule is CC[C@@H](C(=O)NC1CCCCC1)N(Cc1ccc(Cl)cc1Cl)C(=O)CN(c1ccc(F)cc1)S(=O)(=O)c1ccc(OC)c(OC)c1. The Morgan fingerprint density at radius 1 is 0.957 bits per heavy atom. The molecule has 1 atom stereocenters. The van der Waals surface area contributed by atoms with Crippen molar-refractivity contribution in [3.05, 3.63) is 82.1 Å². The lowest BCUT2D eigenvalue weighted by molar-refractivity contribution is -0.140. The Morgan fingerprint density at radius 3 is 2.24 bits per heavy atom. The third-order valence-corrected chi connectivity index (χ3v) is 10.4. The molecule has 1 N–H and O–H groups in total. The lowest BCUT2D eigenvalue weighted by atomic mass is 9.95. The topological polar surface area (TPSA) is 105 Å². The fourth-order valence-corrected chi connectivity index (χ4v) is 7.44. The van der Waals surface area contributed by atoms with E-state index in [0.717, 1.165) is 48.5 Å². The molecule has 46 heavy (non-hydrogen) atoms. The molecule has 0 spiro atoms. The number of hydrogen-bond acceptors (Lipinski definition) is 6. The van der Waals surface area contributed by atoms with Gasteiger partial charge in [-0.25, -0.2) is 12.8 Å². The van der Waals surface area contributed by atoms with Crippen LogP contribution in [0.15, 0.2) is 65.6 Å². The van der Waals surface area contributed by atoms with Crippen LogP contribution in [-0.2, 0) is 26.2 Å². The molecule has 0 heterocycles. The quantitative estimate of drug-likeness (QED) is 0.216. The van der Waals surface area contributed by atoms with E-state index in [2.05, 4.69) is 5.32 Å². The van der Waals surface area contributed by atoms with Gasteiger partial charge in [-0.05, 0) is 73.4 Å². The van der Waals surface area contributed by atoms with Crippen LogP contribution < -0.4 is 19.1 Å². The van der Waals surface area contributed by atoms with Gasteiger partial charge in [0.2, 0.25) is 11.8 Å². The van der Waals surface area contributed by atoms with E-state index in [4.69, 9.17) is 32.7 Å². The zero-order valence-corrected chi connectivity index (χ0v) is 28.3. The molecule has 0 unspecified atom stereocenters. The Hall–Kier alpha value is -3.54. The minimum absolute atomic E-state index is 0.00693. The molecule has 1 fully saturated rings. The summed E-state index contributed by atoms with van der Waals surface area (Å²) in [5.41, 5.74) is 0.577. The molecular weight excluding hydrogens is 656 g/mol. The van der Waals surface area contributed by atoms with Crippen molar-refractivity contribution in [2.75, 3.05) is 25.1 Å². The van der Waals surface area contributed by atoms with Crippen LogP contribution in [0.25, 0.3) is 0 Å². The van der Waals surface area contributed by atoms with Gasteiger partial charge in [0.05, 0.1) is 24.8 Å². The molecule has 4 rings (SSSR count). The molecule has 13 heteroatoms. The first-order chi connectivity index (χ1) is 22.0. The van der Waals surface area contributed by atoms with E-state index in [0.29, 0.717) is 21.4 Å². The van der Waals surface area contributed by atoms with Crippen molar-refractivity contribution in [1.29, 1.82) is 0 Å². The number of methoxy groups -OCH3 is 2. The van der Waals surface area contributed by atoms with Gasteiger partial charge in [0.1, 0.15) is 18.4 Å². The third-order valence-electron chi connectivity index (χ3n) is 8.03. The highest BCUT2D eigenvalue weighted by Crippen LogP contribution is 2.33. The largest absolute Gasteiger partial charge is 0.493 e. The van der Waals surface area contributed by atoms with E-state index in [-0.39, 0.29) is 41.2 Å². The number of nitrogens with one attached hydrogen (secondary N) is 1. The van der Waals surface area contributed by atoms with Gasteiger partial charge in [0.15, 0.2) is 11.5 Å². The third kappa shape index (κ3) is 8.43. The van der Waals surface area contributed by atoms with Crippen LogP contribution in [0.4, 0.5) is 10.1 Å². The predicted molar refractivity (Wildman–Crippen MR) is 177 cm³/mol. The normalized spacial score (nSPS) is 14.3. The maximum absolute atomic E-state index is 14.3. The van der Waals surface area contributed by atoms with Gasteiger partial charge in [0, 0.05) is 28.7 Å². The number of carbonyl (C=O) groups excluding carboxylic acids is 2. The summed E-state index contributed by atoms with van der Waals surface area (Å²) in [6, 6.07) is 12.7.